The van der Waals surface area contributed by atoms with Crippen molar-refractivity contribution in [3.8, 4) is 5.75 Å². The van der Waals surface area contributed by atoms with Gasteiger partial charge in [0.05, 0.1) is 0 Å². The van der Waals surface area contributed by atoms with Gasteiger partial charge in [-0.1, -0.05) is 24.3 Å². The van der Waals surface area contributed by atoms with E-state index in [1.54, 1.807) is 0 Å². The van der Waals surface area contributed by atoms with E-state index >= 15 is 0 Å². The van der Waals surface area contributed by atoms with Crippen LogP contribution in [-0.2, 0) is 0 Å². The van der Waals surface area contributed by atoms with Gasteiger partial charge in [0.2, 0.25) is 0 Å². The van der Waals surface area contributed by atoms with Crippen LogP contribution in [-0.4, -0.2) is 0 Å². The molecule has 1 aromatic rings. The van der Waals surface area contributed by atoms with Crippen molar-refractivity contribution in [2.75, 3.05) is 0 Å². The highest BCUT2D eigenvalue weighted by Crippen LogP contribution is 2.15. The summed E-state index contributed by atoms with van der Waals surface area (Å²) in [6.45, 7) is 0. The average Bonchev–Trinajstić information content (AvgIpc) is 2.29. The molecular formula is C12H15NO. The third kappa shape index (κ3) is 2.52. The average molecular weight is 189 g/mol. The fourth-order valence-electron chi connectivity index (χ4n) is 1.54. The largest absolute Gasteiger partial charge is 0.383 e. The molecule has 0 saturated carbocycles. The quantitative estimate of drug-likeness (QED) is 0.738. The zero-order valence-corrected chi connectivity index (χ0v) is 8.20. The lowest BCUT2D eigenvalue weighted by Crippen LogP contribution is -2.19. The fourth-order valence-corrected chi connectivity index (χ4v) is 1.54. The Balaban J connectivity index is 1.85. The minimum Gasteiger partial charge on any atom is -0.383 e. The first kappa shape index (κ1) is 9.13. The van der Waals surface area contributed by atoms with Crippen LogP contribution in [0, 0.1) is 0 Å². The van der Waals surface area contributed by atoms with Crippen molar-refractivity contribution < 1.29 is 4.84 Å². The van der Waals surface area contributed by atoms with Gasteiger partial charge in [-0.25, -0.2) is 5.48 Å². The first-order valence-corrected chi connectivity index (χ1v) is 5.12. The van der Waals surface area contributed by atoms with Gasteiger partial charge in [0.25, 0.3) is 0 Å². The Kier molecular flexibility index (Phi) is 3.06. The van der Waals surface area contributed by atoms with E-state index in [0.717, 1.165) is 12.2 Å². The number of allylic oxidation sites excluding steroid dienone is 2. The van der Waals surface area contributed by atoms with E-state index < -0.39 is 0 Å². The standard InChI is InChI=1S/C12H15NO/c1-3-7-11(8-4-1)13-14-12-9-5-2-6-10-12/h2,5-7,9-10,13H,1,3-4,8H2. The Morgan fingerprint density at radius 2 is 1.93 bits per heavy atom. The second-order valence-corrected chi connectivity index (χ2v) is 3.49. The van der Waals surface area contributed by atoms with Crippen LogP contribution < -0.4 is 10.3 Å². The molecular weight excluding hydrogens is 174 g/mol. The predicted molar refractivity (Wildman–Crippen MR) is 56.8 cm³/mol. The van der Waals surface area contributed by atoms with Gasteiger partial charge in [-0.15, -0.1) is 0 Å². The summed E-state index contributed by atoms with van der Waals surface area (Å²) in [5.74, 6) is 0.860. The van der Waals surface area contributed by atoms with Gasteiger partial charge in [-0.2, -0.15) is 0 Å². The second kappa shape index (κ2) is 4.70. The lowest BCUT2D eigenvalue weighted by molar-refractivity contribution is 0.221. The summed E-state index contributed by atoms with van der Waals surface area (Å²) in [5, 5.41) is 0. The van der Waals surface area contributed by atoms with Gasteiger partial charge >= 0.3 is 0 Å². The maximum atomic E-state index is 5.43. The molecule has 0 atom stereocenters. The summed E-state index contributed by atoms with van der Waals surface area (Å²) in [4.78, 5) is 5.43. The van der Waals surface area contributed by atoms with Crippen LogP contribution in [0.25, 0.3) is 0 Å². The Bertz CT molecular complexity index is 305. The Hall–Kier alpha value is -1.44. The summed E-state index contributed by atoms with van der Waals surface area (Å²) >= 11 is 0. The minimum absolute atomic E-state index is 0.860. The van der Waals surface area contributed by atoms with E-state index in [9.17, 15) is 0 Å². The lowest BCUT2D eigenvalue weighted by atomic mass is 10.1. The predicted octanol–water partition coefficient (Wildman–Crippen LogP) is 3.03. The number of para-hydroxylation sites is 1. The first-order chi connectivity index (χ1) is 6.95. The van der Waals surface area contributed by atoms with Crippen LogP contribution in [0.2, 0.25) is 0 Å². The molecule has 1 N–H and O–H groups in total. The second-order valence-electron chi connectivity index (χ2n) is 3.49. The molecule has 0 amide bonds. The molecule has 0 radical (unpaired) electrons. The molecule has 0 unspecified atom stereocenters. The van der Waals surface area contributed by atoms with Crippen LogP contribution in [0.1, 0.15) is 25.7 Å². The topological polar surface area (TPSA) is 21.3 Å². The summed E-state index contributed by atoms with van der Waals surface area (Å²) in [6.07, 6.45) is 7.05. The van der Waals surface area contributed by atoms with E-state index in [4.69, 9.17) is 4.84 Å². The highest BCUT2D eigenvalue weighted by atomic mass is 16.6. The molecule has 0 spiro atoms. The normalized spacial score (nSPS) is 15.9. The molecule has 1 aliphatic rings. The van der Waals surface area contributed by atoms with Crippen molar-refractivity contribution in [2.24, 2.45) is 0 Å². The van der Waals surface area contributed by atoms with E-state index in [-0.39, 0.29) is 0 Å². The fraction of sp³-hybridized carbons (Fsp3) is 0.333. The molecule has 0 fully saturated rings. The molecule has 0 saturated heterocycles. The van der Waals surface area contributed by atoms with E-state index in [0.29, 0.717) is 0 Å². The van der Waals surface area contributed by atoms with Crippen molar-refractivity contribution >= 4 is 0 Å². The monoisotopic (exact) mass is 189 g/mol. The number of hydrogen-bond donors (Lipinski definition) is 1. The highest BCUT2D eigenvalue weighted by molar-refractivity contribution is 5.21. The maximum absolute atomic E-state index is 5.43. The van der Waals surface area contributed by atoms with Crippen LogP contribution in [0.15, 0.2) is 42.1 Å². The van der Waals surface area contributed by atoms with Crippen molar-refractivity contribution in [1.29, 1.82) is 0 Å². The van der Waals surface area contributed by atoms with Crippen LogP contribution >= 0.6 is 0 Å². The molecule has 0 bridgehead atoms. The van der Waals surface area contributed by atoms with Gasteiger partial charge in [0.1, 0.15) is 0 Å². The van der Waals surface area contributed by atoms with Crippen molar-refractivity contribution in [2.45, 2.75) is 25.7 Å². The van der Waals surface area contributed by atoms with Crippen LogP contribution in [0.5, 0.6) is 5.75 Å². The zero-order valence-electron chi connectivity index (χ0n) is 8.20. The van der Waals surface area contributed by atoms with Gasteiger partial charge in [-0.05, 0) is 37.8 Å². The van der Waals surface area contributed by atoms with Crippen molar-refractivity contribution in [3.05, 3.63) is 42.1 Å². The summed E-state index contributed by atoms with van der Waals surface area (Å²) in [6, 6.07) is 9.79. The summed E-state index contributed by atoms with van der Waals surface area (Å²) < 4.78 is 0. The minimum atomic E-state index is 0.860. The molecule has 2 rings (SSSR count). The Labute approximate surface area is 84.5 Å². The van der Waals surface area contributed by atoms with E-state index in [2.05, 4.69) is 11.6 Å². The van der Waals surface area contributed by atoms with Crippen LogP contribution in [0.4, 0.5) is 0 Å². The number of rotatable bonds is 3. The van der Waals surface area contributed by atoms with E-state index in [1.165, 1.54) is 25.0 Å². The summed E-state index contributed by atoms with van der Waals surface area (Å²) in [7, 11) is 0. The molecule has 74 valence electrons. The molecule has 0 heterocycles. The number of benzene rings is 1. The maximum Gasteiger partial charge on any atom is 0.155 e. The molecule has 14 heavy (non-hydrogen) atoms. The summed E-state index contributed by atoms with van der Waals surface area (Å²) in [5.41, 5.74) is 4.21. The van der Waals surface area contributed by atoms with Gasteiger partial charge in [0.15, 0.2) is 5.75 Å². The lowest BCUT2D eigenvalue weighted by Gasteiger charge is -2.14. The first-order valence-electron chi connectivity index (χ1n) is 5.12. The highest BCUT2D eigenvalue weighted by Gasteiger charge is 2.02. The Morgan fingerprint density at radius 1 is 1.07 bits per heavy atom. The SMILES string of the molecule is C1=C(NOc2ccccc2)CCCC1. The third-order valence-corrected chi connectivity index (χ3v) is 2.33. The van der Waals surface area contributed by atoms with E-state index in [1.807, 2.05) is 30.3 Å². The smallest absolute Gasteiger partial charge is 0.155 e. The molecule has 2 heteroatoms. The van der Waals surface area contributed by atoms with Gasteiger partial charge < -0.3 is 4.84 Å². The molecule has 0 aliphatic heterocycles. The zero-order chi connectivity index (χ0) is 9.64. The van der Waals surface area contributed by atoms with Crippen molar-refractivity contribution in [1.82, 2.24) is 5.48 Å². The van der Waals surface area contributed by atoms with Gasteiger partial charge in [-0.3, -0.25) is 0 Å². The molecule has 1 aromatic carbocycles. The van der Waals surface area contributed by atoms with Gasteiger partial charge in [0, 0.05) is 5.70 Å². The number of hydroxylamine groups is 1. The van der Waals surface area contributed by atoms with Crippen molar-refractivity contribution in [3.63, 3.8) is 0 Å². The Morgan fingerprint density at radius 3 is 2.64 bits per heavy atom. The molecule has 1 aliphatic carbocycles. The third-order valence-electron chi connectivity index (χ3n) is 2.33. The molecule has 2 nitrogen and oxygen atoms in total. The number of hydrogen-bond acceptors (Lipinski definition) is 2. The molecule has 0 aromatic heterocycles. The van der Waals surface area contributed by atoms with Crippen LogP contribution in [0.3, 0.4) is 0 Å². The number of nitrogens with one attached hydrogen (secondary N) is 1.